The summed E-state index contributed by atoms with van der Waals surface area (Å²) in [5, 5.41) is 0.0976. The number of thioether (sulfide) groups is 1. The molecule has 0 spiro atoms. The lowest BCUT2D eigenvalue weighted by atomic mass is 10.2. The van der Waals surface area contributed by atoms with E-state index in [-0.39, 0.29) is 9.92 Å². The molecule has 0 bridgehead atoms. The van der Waals surface area contributed by atoms with Crippen LogP contribution in [0.15, 0.2) is 46.7 Å². The summed E-state index contributed by atoms with van der Waals surface area (Å²) in [7, 11) is -3.49. The minimum atomic E-state index is -3.49. The van der Waals surface area contributed by atoms with Crippen LogP contribution in [0.1, 0.15) is 5.56 Å². The van der Waals surface area contributed by atoms with Crippen LogP contribution >= 0.6 is 11.8 Å². The molecule has 96 valence electrons. The number of aromatic nitrogens is 2. The van der Waals surface area contributed by atoms with Gasteiger partial charge in [-0.05, 0) is 25.3 Å². The molecule has 0 saturated heterocycles. The third kappa shape index (κ3) is 2.59. The molecule has 2 rings (SSSR count). The molecule has 0 radical (unpaired) electrons. The standard InChI is InChI=1S/C12H14N2O2S2/c1-10-3-5-11(6-4-10)18(15,16)12-7-14(8-13-12)9-17-2/h3-8H,9H2,1-2H3. The van der Waals surface area contributed by atoms with Gasteiger partial charge in [0.1, 0.15) is 0 Å². The van der Waals surface area contributed by atoms with E-state index < -0.39 is 9.84 Å². The summed E-state index contributed by atoms with van der Waals surface area (Å²) in [5.74, 6) is 0.691. The number of benzene rings is 1. The van der Waals surface area contributed by atoms with Crippen molar-refractivity contribution in [1.29, 1.82) is 0 Å². The Labute approximate surface area is 111 Å². The molecule has 0 amide bonds. The van der Waals surface area contributed by atoms with Crippen LogP contribution in [0.2, 0.25) is 0 Å². The maximum atomic E-state index is 12.3. The van der Waals surface area contributed by atoms with E-state index in [1.165, 1.54) is 6.33 Å². The van der Waals surface area contributed by atoms with E-state index in [9.17, 15) is 8.42 Å². The molecule has 0 atom stereocenters. The number of nitrogens with zero attached hydrogens (tertiary/aromatic N) is 2. The molecule has 1 aromatic heterocycles. The first-order chi connectivity index (χ1) is 8.54. The number of rotatable bonds is 4. The van der Waals surface area contributed by atoms with Crippen LogP contribution in [0.25, 0.3) is 0 Å². The van der Waals surface area contributed by atoms with Crippen molar-refractivity contribution in [3.8, 4) is 0 Å². The quantitative estimate of drug-likeness (QED) is 0.863. The summed E-state index contributed by atoms with van der Waals surface area (Å²) in [6.45, 7) is 1.92. The van der Waals surface area contributed by atoms with Crippen LogP contribution in [0.3, 0.4) is 0 Å². The Morgan fingerprint density at radius 1 is 1.28 bits per heavy atom. The largest absolute Gasteiger partial charge is 0.326 e. The highest BCUT2D eigenvalue weighted by Crippen LogP contribution is 2.19. The van der Waals surface area contributed by atoms with Crippen LogP contribution in [-0.4, -0.2) is 24.2 Å². The summed E-state index contributed by atoms with van der Waals surface area (Å²) in [6.07, 6.45) is 5.05. The number of aryl methyl sites for hydroxylation is 1. The molecule has 1 aromatic carbocycles. The van der Waals surface area contributed by atoms with Gasteiger partial charge in [-0.25, -0.2) is 13.4 Å². The van der Waals surface area contributed by atoms with Gasteiger partial charge < -0.3 is 4.57 Å². The minimum Gasteiger partial charge on any atom is -0.326 e. The fourth-order valence-corrected chi connectivity index (χ4v) is 3.17. The summed E-state index contributed by atoms with van der Waals surface area (Å²) >= 11 is 1.60. The minimum absolute atomic E-state index is 0.0976. The van der Waals surface area contributed by atoms with Crippen molar-refractivity contribution in [2.45, 2.75) is 22.7 Å². The topological polar surface area (TPSA) is 52.0 Å². The van der Waals surface area contributed by atoms with E-state index in [2.05, 4.69) is 4.98 Å². The Kier molecular flexibility index (Phi) is 3.77. The van der Waals surface area contributed by atoms with E-state index >= 15 is 0 Å². The van der Waals surface area contributed by atoms with Crippen molar-refractivity contribution in [2.75, 3.05) is 6.26 Å². The summed E-state index contributed by atoms with van der Waals surface area (Å²) in [5.41, 5.74) is 1.03. The fourth-order valence-electron chi connectivity index (χ4n) is 1.54. The zero-order valence-corrected chi connectivity index (χ0v) is 11.8. The first kappa shape index (κ1) is 13.2. The highest BCUT2D eigenvalue weighted by Gasteiger charge is 2.20. The van der Waals surface area contributed by atoms with Crippen molar-refractivity contribution in [3.63, 3.8) is 0 Å². The van der Waals surface area contributed by atoms with Crippen LogP contribution < -0.4 is 0 Å². The van der Waals surface area contributed by atoms with E-state index in [1.54, 1.807) is 46.8 Å². The number of sulfone groups is 1. The average Bonchev–Trinajstić information content (AvgIpc) is 2.79. The van der Waals surface area contributed by atoms with Gasteiger partial charge >= 0.3 is 0 Å². The van der Waals surface area contributed by atoms with Crippen LogP contribution in [-0.2, 0) is 15.7 Å². The monoisotopic (exact) mass is 282 g/mol. The summed E-state index contributed by atoms with van der Waals surface area (Å²) < 4.78 is 26.3. The predicted octanol–water partition coefficient (Wildman–Crippen LogP) is 2.34. The van der Waals surface area contributed by atoms with Crippen molar-refractivity contribution >= 4 is 21.6 Å². The molecule has 6 heteroatoms. The average molecular weight is 282 g/mol. The lowest BCUT2D eigenvalue weighted by Gasteiger charge is -2.01. The van der Waals surface area contributed by atoms with E-state index in [1.807, 2.05) is 13.2 Å². The molecular weight excluding hydrogens is 268 g/mol. The third-order valence-electron chi connectivity index (χ3n) is 2.49. The maximum Gasteiger partial charge on any atom is 0.225 e. The lowest BCUT2D eigenvalue weighted by molar-refractivity contribution is 0.593. The molecule has 0 unspecified atom stereocenters. The molecular formula is C12H14N2O2S2. The molecule has 18 heavy (non-hydrogen) atoms. The molecule has 4 nitrogen and oxygen atoms in total. The normalized spacial score (nSPS) is 11.7. The van der Waals surface area contributed by atoms with E-state index in [0.29, 0.717) is 5.88 Å². The first-order valence-electron chi connectivity index (χ1n) is 5.36. The van der Waals surface area contributed by atoms with Gasteiger partial charge in [-0.1, -0.05) is 17.7 Å². The smallest absolute Gasteiger partial charge is 0.225 e. The fraction of sp³-hybridized carbons (Fsp3) is 0.250. The van der Waals surface area contributed by atoms with Crippen molar-refractivity contribution in [3.05, 3.63) is 42.4 Å². The maximum absolute atomic E-state index is 12.3. The van der Waals surface area contributed by atoms with Gasteiger partial charge in [0.15, 0.2) is 5.03 Å². The first-order valence-corrected chi connectivity index (χ1v) is 8.24. The van der Waals surface area contributed by atoms with Gasteiger partial charge in [0.25, 0.3) is 0 Å². The highest BCUT2D eigenvalue weighted by atomic mass is 32.2. The highest BCUT2D eigenvalue weighted by molar-refractivity contribution is 7.97. The Balaban J connectivity index is 2.38. The van der Waals surface area contributed by atoms with Crippen molar-refractivity contribution < 1.29 is 8.42 Å². The number of hydrogen-bond acceptors (Lipinski definition) is 4. The molecule has 0 saturated carbocycles. The van der Waals surface area contributed by atoms with Crippen LogP contribution in [0.4, 0.5) is 0 Å². The second-order valence-electron chi connectivity index (χ2n) is 3.96. The van der Waals surface area contributed by atoms with Crippen LogP contribution in [0.5, 0.6) is 0 Å². The van der Waals surface area contributed by atoms with Gasteiger partial charge in [0.05, 0.1) is 17.1 Å². The van der Waals surface area contributed by atoms with Gasteiger partial charge in [-0.15, -0.1) is 11.8 Å². The van der Waals surface area contributed by atoms with Gasteiger partial charge in [-0.2, -0.15) is 0 Å². The molecule has 2 aromatic rings. The Bertz CT molecular complexity index is 630. The molecule has 1 heterocycles. The summed E-state index contributed by atoms with van der Waals surface area (Å²) in [4.78, 5) is 4.25. The molecule has 0 N–H and O–H groups in total. The number of imidazole rings is 1. The van der Waals surface area contributed by atoms with Crippen molar-refractivity contribution in [1.82, 2.24) is 9.55 Å². The van der Waals surface area contributed by atoms with Crippen LogP contribution in [0, 0.1) is 6.92 Å². The zero-order chi connectivity index (χ0) is 13.2. The SMILES string of the molecule is CSCn1cnc(S(=O)(=O)c2ccc(C)cc2)c1. The Hall–Kier alpha value is -1.27. The molecule has 0 fully saturated rings. The van der Waals surface area contributed by atoms with E-state index in [4.69, 9.17) is 0 Å². The zero-order valence-electron chi connectivity index (χ0n) is 10.2. The second-order valence-corrected chi connectivity index (χ2v) is 6.69. The second kappa shape index (κ2) is 5.16. The lowest BCUT2D eigenvalue weighted by Crippen LogP contribution is -2.02. The van der Waals surface area contributed by atoms with Gasteiger partial charge in [0, 0.05) is 6.20 Å². The summed E-state index contributed by atoms with van der Waals surface area (Å²) in [6, 6.07) is 6.79. The Morgan fingerprint density at radius 3 is 2.56 bits per heavy atom. The van der Waals surface area contributed by atoms with Gasteiger partial charge in [0.2, 0.25) is 9.84 Å². The Morgan fingerprint density at radius 2 is 1.94 bits per heavy atom. The molecule has 0 aliphatic carbocycles. The predicted molar refractivity (Wildman–Crippen MR) is 72.4 cm³/mol. The number of hydrogen-bond donors (Lipinski definition) is 0. The van der Waals surface area contributed by atoms with E-state index in [0.717, 1.165) is 5.56 Å². The van der Waals surface area contributed by atoms with Gasteiger partial charge in [-0.3, -0.25) is 0 Å². The van der Waals surface area contributed by atoms with Crippen molar-refractivity contribution in [2.24, 2.45) is 0 Å². The molecule has 0 aliphatic rings. The molecule has 0 aliphatic heterocycles. The third-order valence-corrected chi connectivity index (χ3v) is 4.70.